The van der Waals surface area contributed by atoms with Gasteiger partial charge in [0, 0.05) is 24.0 Å². The molecule has 0 atom stereocenters. The maximum absolute atomic E-state index is 3.97. The van der Waals surface area contributed by atoms with Gasteiger partial charge in [0.1, 0.15) is 0 Å². The average Bonchev–Trinajstić information content (AvgIpc) is 2.52. The van der Waals surface area contributed by atoms with Crippen LogP contribution in [0.5, 0.6) is 0 Å². The highest BCUT2D eigenvalue weighted by Crippen LogP contribution is 2.11. The molecule has 1 rings (SSSR count). The Morgan fingerprint density at radius 1 is 1.54 bits per heavy atom. The van der Waals surface area contributed by atoms with Crippen molar-refractivity contribution >= 4 is 0 Å². The highest BCUT2D eigenvalue weighted by atomic mass is 15.0. The first-order valence-electron chi connectivity index (χ1n) is 4.86. The Morgan fingerprint density at radius 2 is 2.31 bits per heavy atom. The quantitative estimate of drug-likeness (QED) is 0.730. The first-order valence-corrected chi connectivity index (χ1v) is 4.86. The van der Waals surface area contributed by atoms with E-state index in [4.69, 9.17) is 0 Å². The summed E-state index contributed by atoms with van der Waals surface area (Å²) < 4.78 is 0. The molecule has 0 saturated carbocycles. The van der Waals surface area contributed by atoms with Gasteiger partial charge in [-0.05, 0) is 20.3 Å². The monoisotopic (exact) mass is 181 g/mol. The zero-order chi connectivity index (χ0) is 9.73. The van der Waals surface area contributed by atoms with Crippen molar-refractivity contribution in [2.75, 3.05) is 0 Å². The van der Waals surface area contributed by atoms with Crippen molar-refractivity contribution in [1.82, 2.24) is 15.3 Å². The number of H-pyrrole nitrogens is 1. The minimum atomic E-state index is 0.222. The molecule has 0 bridgehead atoms. The van der Waals surface area contributed by atoms with E-state index in [1.54, 1.807) is 6.33 Å². The molecule has 0 amide bonds. The number of aromatic nitrogens is 2. The molecule has 74 valence electrons. The van der Waals surface area contributed by atoms with E-state index in [0.717, 1.165) is 12.2 Å². The lowest BCUT2D eigenvalue weighted by Crippen LogP contribution is -2.38. The van der Waals surface area contributed by atoms with Gasteiger partial charge in [-0.3, -0.25) is 0 Å². The van der Waals surface area contributed by atoms with E-state index in [1.807, 2.05) is 6.20 Å². The molecular formula is C10H19N3. The van der Waals surface area contributed by atoms with Crippen molar-refractivity contribution in [2.24, 2.45) is 0 Å². The lowest BCUT2D eigenvalue weighted by Gasteiger charge is -2.25. The smallest absolute Gasteiger partial charge is 0.0922 e. The molecule has 0 unspecified atom stereocenters. The molecule has 0 saturated heterocycles. The number of hydrogen-bond acceptors (Lipinski definition) is 2. The van der Waals surface area contributed by atoms with Gasteiger partial charge in [0.15, 0.2) is 0 Å². The summed E-state index contributed by atoms with van der Waals surface area (Å²) in [4.78, 5) is 7.05. The molecule has 1 aromatic rings. The Labute approximate surface area is 80.0 Å². The Bertz CT molecular complexity index is 226. The summed E-state index contributed by atoms with van der Waals surface area (Å²) in [6, 6.07) is 0. The van der Waals surface area contributed by atoms with Crippen LogP contribution in [0.25, 0.3) is 0 Å². The van der Waals surface area contributed by atoms with E-state index in [9.17, 15) is 0 Å². The summed E-state index contributed by atoms with van der Waals surface area (Å²) >= 11 is 0. The van der Waals surface area contributed by atoms with Crippen LogP contribution < -0.4 is 5.32 Å². The van der Waals surface area contributed by atoms with Crippen molar-refractivity contribution in [2.45, 2.75) is 45.7 Å². The van der Waals surface area contributed by atoms with Gasteiger partial charge >= 0.3 is 0 Å². The molecule has 3 heteroatoms. The van der Waals surface area contributed by atoms with Gasteiger partial charge in [0.05, 0.1) is 6.33 Å². The van der Waals surface area contributed by atoms with Crippen LogP contribution in [-0.2, 0) is 6.54 Å². The van der Waals surface area contributed by atoms with Crippen molar-refractivity contribution < 1.29 is 0 Å². The molecule has 13 heavy (non-hydrogen) atoms. The molecule has 0 aliphatic rings. The molecule has 0 aliphatic carbocycles. The first kappa shape index (κ1) is 10.3. The summed E-state index contributed by atoms with van der Waals surface area (Å²) in [5.74, 6) is 0. The lowest BCUT2D eigenvalue weighted by atomic mass is 9.99. The fraction of sp³-hybridized carbons (Fsp3) is 0.700. The normalized spacial score (nSPS) is 11.9. The Morgan fingerprint density at radius 3 is 2.85 bits per heavy atom. The number of hydrogen-bond donors (Lipinski definition) is 2. The molecule has 0 fully saturated rings. The van der Waals surface area contributed by atoms with Crippen LogP contribution in [-0.4, -0.2) is 15.5 Å². The molecule has 0 radical (unpaired) electrons. The molecule has 1 heterocycles. The molecule has 0 aliphatic heterocycles. The average molecular weight is 181 g/mol. The number of rotatable bonds is 5. The number of nitrogens with zero attached hydrogens (tertiary/aromatic N) is 1. The van der Waals surface area contributed by atoms with Crippen LogP contribution in [0.3, 0.4) is 0 Å². The standard InChI is InChI=1S/C10H19N3/c1-4-5-10(2,3)13-7-9-6-11-8-12-9/h6,8,13H,4-5,7H2,1-3H3,(H,11,12). The second-order valence-corrected chi connectivity index (χ2v) is 4.06. The van der Waals surface area contributed by atoms with Crippen LogP contribution in [0.2, 0.25) is 0 Å². The summed E-state index contributed by atoms with van der Waals surface area (Å²) in [6.07, 6.45) is 5.98. The van der Waals surface area contributed by atoms with E-state index < -0.39 is 0 Å². The van der Waals surface area contributed by atoms with Crippen LogP contribution in [0, 0.1) is 0 Å². The second-order valence-electron chi connectivity index (χ2n) is 4.06. The van der Waals surface area contributed by atoms with E-state index in [0.29, 0.717) is 0 Å². The fourth-order valence-corrected chi connectivity index (χ4v) is 1.43. The van der Waals surface area contributed by atoms with Crippen LogP contribution in [0.1, 0.15) is 39.3 Å². The molecule has 0 aromatic carbocycles. The van der Waals surface area contributed by atoms with Crippen molar-refractivity contribution in [3.8, 4) is 0 Å². The van der Waals surface area contributed by atoms with Gasteiger partial charge < -0.3 is 10.3 Å². The number of aromatic amines is 1. The zero-order valence-electron chi connectivity index (χ0n) is 8.72. The molecule has 1 aromatic heterocycles. The Balaban J connectivity index is 2.33. The predicted molar refractivity (Wildman–Crippen MR) is 54.4 cm³/mol. The van der Waals surface area contributed by atoms with Gasteiger partial charge in [0.2, 0.25) is 0 Å². The highest BCUT2D eigenvalue weighted by Gasteiger charge is 2.14. The summed E-state index contributed by atoms with van der Waals surface area (Å²) in [6.45, 7) is 7.53. The fourth-order valence-electron chi connectivity index (χ4n) is 1.43. The van der Waals surface area contributed by atoms with Gasteiger partial charge in [-0.2, -0.15) is 0 Å². The van der Waals surface area contributed by atoms with Crippen LogP contribution in [0.15, 0.2) is 12.5 Å². The molecule has 3 nitrogen and oxygen atoms in total. The van der Waals surface area contributed by atoms with Crippen molar-refractivity contribution in [1.29, 1.82) is 0 Å². The molecule has 0 spiro atoms. The van der Waals surface area contributed by atoms with Gasteiger partial charge in [-0.1, -0.05) is 13.3 Å². The molecule has 2 N–H and O–H groups in total. The van der Waals surface area contributed by atoms with Gasteiger partial charge in [-0.25, -0.2) is 4.98 Å². The Kier molecular flexibility index (Phi) is 3.48. The minimum absolute atomic E-state index is 0.222. The summed E-state index contributed by atoms with van der Waals surface area (Å²) in [5, 5.41) is 3.49. The maximum atomic E-state index is 3.97. The first-order chi connectivity index (χ1) is 6.14. The van der Waals surface area contributed by atoms with Crippen LogP contribution in [0.4, 0.5) is 0 Å². The maximum Gasteiger partial charge on any atom is 0.0922 e. The number of imidazole rings is 1. The van der Waals surface area contributed by atoms with E-state index in [-0.39, 0.29) is 5.54 Å². The van der Waals surface area contributed by atoms with Crippen molar-refractivity contribution in [3.05, 3.63) is 18.2 Å². The molecular weight excluding hydrogens is 162 g/mol. The summed E-state index contributed by atoms with van der Waals surface area (Å²) in [7, 11) is 0. The topological polar surface area (TPSA) is 40.7 Å². The SMILES string of the molecule is CCCC(C)(C)NCc1cnc[nH]1. The highest BCUT2D eigenvalue weighted by molar-refractivity contribution is 4.94. The zero-order valence-corrected chi connectivity index (χ0v) is 8.72. The largest absolute Gasteiger partial charge is 0.347 e. The van der Waals surface area contributed by atoms with Gasteiger partial charge in [0.25, 0.3) is 0 Å². The number of nitrogens with one attached hydrogen (secondary N) is 2. The summed E-state index contributed by atoms with van der Waals surface area (Å²) in [5.41, 5.74) is 1.36. The second kappa shape index (κ2) is 4.42. The van der Waals surface area contributed by atoms with Crippen LogP contribution >= 0.6 is 0 Å². The van der Waals surface area contributed by atoms with E-state index in [2.05, 4.69) is 36.1 Å². The van der Waals surface area contributed by atoms with Gasteiger partial charge in [-0.15, -0.1) is 0 Å². The van der Waals surface area contributed by atoms with E-state index in [1.165, 1.54) is 12.8 Å². The van der Waals surface area contributed by atoms with E-state index >= 15 is 0 Å². The lowest BCUT2D eigenvalue weighted by molar-refractivity contribution is 0.355. The Hall–Kier alpha value is -0.830. The third kappa shape index (κ3) is 3.59. The van der Waals surface area contributed by atoms with Crippen molar-refractivity contribution in [3.63, 3.8) is 0 Å². The third-order valence-electron chi connectivity index (χ3n) is 2.19. The third-order valence-corrected chi connectivity index (χ3v) is 2.19. The minimum Gasteiger partial charge on any atom is -0.347 e. The predicted octanol–water partition coefficient (Wildman–Crippen LogP) is 2.08.